The lowest BCUT2D eigenvalue weighted by Gasteiger charge is -2.09. The summed E-state index contributed by atoms with van der Waals surface area (Å²) in [5, 5.41) is 11.5. The Bertz CT molecular complexity index is 886. The molecule has 0 aliphatic carbocycles. The second-order valence-corrected chi connectivity index (χ2v) is 7.10. The van der Waals surface area contributed by atoms with Crippen molar-refractivity contribution in [3.8, 4) is 6.07 Å². The summed E-state index contributed by atoms with van der Waals surface area (Å²) < 4.78 is 32.1. The number of carbonyl (C=O) groups is 1. The van der Waals surface area contributed by atoms with E-state index >= 15 is 0 Å². The second kappa shape index (κ2) is 8.99. The third-order valence-electron chi connectivity index (χ3n) is 3.50. The molecule has 2 aromatic rings. The molecular weight excluding hydrogens is 354 g/mol. The van der Waals surface area contributed by atoms with E-state index in [0.29, 0.717) is 36.4 Å². The zero-order chi connectivity index (χ0) is 19.0. The predicted molar refractivity (Wildman–Crippen MR) is 97.2 cm³/mol. The van der Waals surface area contributed by atoms with Crippen LogP contribution in [-0.2, 0) is 14.8 Å². The summed E-state index contributed by atoms with van der Waals surface area (Å²) in [6.45, 7) is 1.03. The van der Waals surface area contributed by atoms with Gasteiger partial charge in [0.2, 0.25) is 0 Å². The van der Waals surface area contributed by atoms with E-state index in [4.69, 9.17) is 10.00 Å². The number of nitrogens with one attached hydrogen (secondary N) is 2. The van der Waals surface area contributed by atoms with E-state index in [0.717, 1.165) is 0 Å². The Balaban J connectivity index is 2.03. The number of ether oxygens (including phenoxy) is 1. The van der Waals surface area contributed by atoms with E-state index in [1.54, 1.807) is 7.11 Å². The van der Waals surface area contributed by atoms with E-state index in [2.05, 4.69) is 10.0 Å². The lowest BCUT2D eigenvalue weighted by atomic mass is 10.2. The van der Waals surface area contributed by atoms with Gasteiger partial charge in [0.05, 0.1) is 16.5 Å². The number of carbonyl (C=O) groups excluding carboxylic acids is 1. The van der Waals surface area contributed by atoms with E-state index in [9.17, 15) is 13.2 Å². The van der Waals surface area contributed by atoms with Crippen LogP contribution in [-0.4, -0.2) is 34.6 Å². The molecule has 2 aromatic carbocycles. The predicted octanol–water partition coefficient (Wildman–Crippen LogP) is 2.13. The molecule has 2 N–H and O–H groups in total. The Kier molecular flexibility index (Phi) is 6.72. The van der Waals surface area contributed by atoms with Crippen molar-refractivity contribution in [2.24, 2.45) is 0 Å². The summed E-state index contributed by atoms with van der Waals surface area (Å²) >= 11 is 0. The number of nitriles is 1. The molecule has 0 aliphatic rings. The van der Waals surface area contributed by atoms with Crippen molar-refractivity contribution in [2.45, 2.75) is 11.3 Å². The highest BCUT2D eigenvalue weighted by atomic mass is 32.2. The monoisotopic (exact) mass is 373 g/mol. The smallest absolute Gasteiger partial charge is 0.261 e. The number of sulfonamides is 1. The molecule has 0 atom stereocenters. The molecule has 0 unspecified atom stereocenters. The van der Waals surface area contributed by atoms with E-state index in [-0.39, 0.29) is 10.8 Å². The largest absolute Gasteiger partial charge is 0.385 e. The minimum atomic E-state index is -3.78. The van der Waals surface area contributed by atoms with E-state index < -0.39 is 10.0 Å². The molecule has 0 heterocycles. The maximum absolute atomic E-state index is 12.4. The fourth-order valence-electron chi connectivity index (χ4n) is 2.13. The Morgan fingerprint density at radius 1 is 1.12 bits per heavy atom. The Hall–Kier alpha value is -2.89. The van der Waals surface area contributed by atoms with Crippen LogP contribution in [0.4, 0.5) is 5.69 Å². The fourth-order valence-corrected chi connectivity index (χ4v) is 3.19. The number of rotatable bonds is 8. The van der Waals surface area contributed by atoms with Gasteiger partial charge in [-0.1, -0.05) is 0 Å². The van der Waals surface area contributed by atoms with Crippen LogP contribution in [0.15, 0.2) is 53.4 Å². The maximum Gasteiger partial charge on any atom is 0.261 e. The third kappa shape index (κ3) is 5.31. The van der Waals surface area contributed by atoms with Gasteiger partial charge in [0.25, 0.3) is 15.9 Å². The van der Waals surface area contributed by atoms with Crippen molar-refractivity contribution in [1.29, 1.82) is 5.26 Å². The van der Waals surface area contributed by atoms with Gasteiger partial charge in [-0.25, -0.2) is 8.42 Å². The summed E-state index contributed by atoms with van der Waals surface area (Å²) in [5.41, 5.74) is 1.16. The molecule has 0 saturated heterocycles. The maximum atomic E-state index is 12.4. The lowest BCUT2D eigenvalue weighted by molar-refractivity contribution is 0.0948. The number of hydrogen-bond donors (Lipinski definition) is 2. The molecule has 0 aliphatic heterocycles. The van der Waals surface area contributed by atoms with Crippen LogP contribution < -0.4 is 10.0 Å². The summed E-state index contributed by atoms with van der Waals surface area (Å²) in [4.78, 5) is 12.0. The van der Waals surface area contributed by atoms with Crippen molar-refractivity contribution in [2.75, 3.05) is 25.0 Å². The lowest BCUT2D eigenvalue weighted by Crippen LogP contribution is -2.25. The van der Waals surface area contributed by atoms with E-state index in [1.165, 1.54) is 48.5 Å². The Labute approximate surface area is 152 Å². The van der Waals surface area contributed by atoms with Gasteiger partial charge in [-0.05, 0) is 55.0 Å². The molecule has 1 amide bonds. The first-order chi connectivity index (χ1) is 12.5. The number of benzene rings is 2. The molecule has 0 radical (unpaired) electrons. The number of hydrogen-bond acceptors (Lipinski definition) is 5. The van der Waals surface area contributed by atoms with Gasteiger partial charge >= 0.3 is 0 Å². The Morgan fingerprint density at radius 3 is 2.35 bits per heavy atom. The highest BCUT2D eigenvalue weighted by Crippen LogP contribution is 2.17. The average Bonchev–Trinajstić information content (AvgIpc) is 2.65. The van der Waals surface area contributed by atoms with Crippen molar-refractivity contribution >= 4 is 21.6 Å². The molecule has 0 saturated carbocycles. The van der Waals surface area contributed by atoms with Gasteiger partial charge in [0.1, 0.15) is 0 Å². The third-order valence-corrected chi connectivity index (χ3v) is 4.90. The summed E-state index contributed by atoms with van der Waals surface area (Å²) in [6, 6.07) is 13.7. The Morgan fingerprint density at radius 2 is 1.77 bits per heavy atom. The van der Waals surface area contributed by atoms with E-state index in [1.807, 2.05) is 6.07 Å². The first-order valence-corrected chi connectivity index (χ1v) is 9.35. The molecule has 0 bridgehead atoms. The minimum Gasteiger partial charge on any atom is -0.385 e. The molecule has 0 spiro atoms. The van der Waals surface area contributed by atoms with Crippen LogP contribution in [0.5, 0.6) is 0 Å². The van der Waals surface area contributed by atoms with Gasteiger partial charge in [0.15, 0.2) is 0 Å². The van der Waals surface area contributed by atoms with Crippen LogP contribution in [0.1, 0.15) is 22.3 Å². The first kappa shape index (κ1) is 19.4. The first-order valence-electron chi connectivity index (χ1n) is 7.86. The van der Waals surface area contributed by atoms with Gasteiger partial charge in [-0.3, -0.25) is 9.52 Å². The summed E-state index contributed by atoms with van der Waals surface area (Å²) in [6.07, 6.45) is 0.698. The highest BCUT2D eigenvalue weighted by molar-refractivity contribution is 7.92. The van der Waals surface area contributed by atoms with Crippen LogP contribution in [0, 0.1) is 11.3 Å². The molecule has 26 heavy (non-hydrogen) atoms. The molecule has 2 rings (SSSR count). The average molecular weight is 373 g/mol. The van der Waals surface area contributed by atoms with Gasteiger partial charge in [-0.2, -0.15) is 5.26 Å². The molecule has 0 aromatic heterocycles. The van der Waals surface area contributed by atoms with Crippen LogP contribution in [0.3, 0.4) is 0 Å². The normalized spacial score (nSPS) is 10.8. The van der Waals surface area contributed by atoms with Gasteiger partial charge in [0, 0.05) is 31.5 Å². The summed E-state index contributed by atoms with van der Waals surface area (Å²) in [5.74, 6) is -0.273. The quantitative estimate of drug-likeness (QED) is 0.689. The molecule has 0 fully saturated rings. The highest BCUT2D eigenvalue weighted by Gasteiger charge is 2.15. The number of nitrogens with zero attached hydrogens (tertiary/aromatic N) is 1. The zero-order valence-corrected chi connectivity index (χ0v) is 15.0. The van der Waals surface area contributed by atoms with Crippen LogP contribution >= 0.6 is 0 Å². The van der Waals surface area contributed by atoms with Crippen molar-refractivity contribution in [3.63, 3.8) is 0 Å². The van der Waals surface area contributed by atoms with Gasteiger partial charge in [-0.15, -0.1) is 0 Å². The molecule has 7 nitrogen and oxygen atoms in total. The topological polar surface area (TPSA) is 108 Å². The number of amides is 1. The van der Waals surface area contributed by atoms with Crippen molar-refractivity contribution < 1.29 is 17.9 Å². The van der Waals surface area contributed by atoms with Gasteiger partial charge < -0.3 is 10.1 Å². The zero-order valence-electron chi connectivity index (χ0n) is 14.2. The number of methoxy groups -OCH3 is 1. The standard InChI is InChI=1S/C18H19N3O4S/c1-25-12-2-11-20-18(22)15-5-9-17(10-6-15)26(23,24)21-16-7-3-14(13-19)4-8-16/h3-10,21H,2,11-12H2,1H3,(H,20,22). The second-order valence-electron chi connectivity index (χ2n) is 5.42. The van der Waals surface area contributed by atoms with Crippen LogP contribution in [0.2, 0.25) is 0 Å². The summed E-state index contributed by atoms with van der Waals surface area (Å²) in [7, 11) is -2.19. The van der Waals surface area contributed by atoms with Crippen molar-refractivity contribution in [3.05, 3.63) is 59.7 Å². The molecule has 136 valence electrons. The SMILES string of the molecule is COCCCNC(=O)c1ccc(S(=O)(=O)Nc2ccc(C#N)cc2)cc1. The number of anilines is 1. The fraction of sp³-hybridized carbons (Fsp3) is 0.222. The van der Waals surface area contributed by atoms with Crippen molar-refractivity contribution in [1.82, 2.24) is 5.32 Å². The minimum absolute atomic E-state index is 0.0396. The molecule has 8 heteroatoms. The molecular formula is C18H19N3O4S. The van der Waals surface area contributed by atoms with Crippen LogP contribution in [0.25, 0.3) is 0 Å².